The van der Waals surface area contributed by atoms with Crippen molar-refractivity contribution >= 4 is 0 Å². The predicted molar refractivity (Wildman–Crippen MR) is 32.4 cm³/mol. The molecular weight excluding hydrogens is 102 g/mol. The number of hydrogen-bond donors (Lipinski definition) is 2. The molecule has 0 fully saturated rings. The highest BCUT2D eigenvalue weighted by Gasteiger charge is 2.13. The fraction of sp³-hybridized carbons (Fsp3) is 0.667. The Kier molecular flexibility index (Phi) is 1.65. The third-order valence-electron chi connectivity index (χ3n) is 1.45. The molecule has 46 valence electrons. The molecule has 0 amide bonds. The molecule has 0 saturated heterocycles. The van der Waals surface area contributed by atoms with Gasteiger partial charge in [0.25, 0.3) is 0 Å². The largest absolute Gasteiger partial charge is 0.391 e. The summed E-state index contributed by atoms with van der Waals surface area (Å²) < 4.78 is 0. The molecule has 3 N–H and O–H groups in total. The molecule has 0 aliphatic heterocycles. The molecule has 0 spiro atoms. The van der Waals surface area contributed by atoms with Crippen molar-refractivity contribution in [1.29, 1.82) is 0 Å². The first-order valence-electron chi connectivity index (χ1n) is 2.89. The molecule has 0 aromatic carbocycles. The number of aliphatic hydroxyl groups excluding tert-OH is 1. The summed E-state index contributed by atoms with van der Waals surface area (Å²) in [7, 11) is 0. The van der Waals surface area contributed by atoms with Gasteiger partial charge in [0.2, 0.25) is 0 Å². The minimum Gasteiger partial charge on any atom is -0.391 e. The number of hydrogen-bond acceptors (Lipinski definition) is 2. The summed E-state index contributed by atoms with van der Waals surface area (Å²) in [4.78, 5) is 0. The van der Waals surface area contributed by atoms with E-state index in [2.05, 4.69) is 0 Å². The van der Waals surface area contributed by atoms with Gasteiger partial charge in [-0.3, -0.25) is 0 Å². The lowest BCUT2D eigenvalue weighted by molar-refractivity contribution is 0.143. The van der Waals surface area contributed by atoms with Gasteiger partial charge < -0.3 is 10.8 Å². The standard InChI is InChI=1S/C6H11NO/c7-5-3-1-2-4-6(5)8/h1-2,5-6,8H,3-4,7H2. The van der Waals surface area contributed by atoms with E-state index < -0.39 is 0 Å². The Labute approximate surface area is 49.0 Å². The molecule has 0 radical (unpaired) electrons. The Hall–Kier alpha value is -0.340. The normalized spacial score (nSPS) is 37.8. The number of aliphatic hydroxyl groups is 1. The molecule has 0 heterocycles. The summed E-state index contributed by atoms with van der Waals surface area (Å²) in [6, 6.07) is -0.0278. The molecule has 1 aliphatic rings. The highest BCUT2D eigenvalue weighted by molar-refractivity contribution is 4.96. The van der Waals surface area contributed by atoms with E-state index in [1.54, 1.807) is 0 Å². The first-order chi connectivity index (χ1) is 3.80. The second kappa shape index (κ2) is 2.29. The maximum Gasteiger partial charge on any atom is 0.0728 e. The SMILES string of the molecule is NC1CC=CCC1O. The highest BCUT2D eigenvalue weighted by Crippen LogP contribution is 2.08. The van der Waals surface area contributed by atoms with Gasteiger partial charge in [0.15, 0.2) is 0 Å². The molecule has 2 unspecified atom stereocenters. The first-order valence-corrected chi connectivity index (χ1v) is 2.89. The average Bonchev–Trinajstić information content (AvgIpc) is 1.77. The van der Waals surface area contributed by atoms with Crippen LogP contribution in [0.25, 0.3) is 0 Å². The van der Waals surface area contributed by atoms with E-state index in [0.29, 0.717) is 0 Å². The van der Waals surface area contributed by atoms with Crippen molar-refractivity contribution < 1.29 is 5.11 Å². The van der Waals surface area contributed by atoms with Crippen molar-refractivity contribution in [2.24, 2.45) is 5.73 Å². The van der Waals surface area contributed by atoms with Crippen molar-refractivity contribution in [1.82, 2.24) is 0 Å². The van der Waals surface area contributed by atoms with Crippen molar-refractivity contribution in [3.8, 4) is 0 Å². The van der Waals surface area contributed by atoms with Crippen LogP contribution in [0.5, 0.6) is 0 Å². The zero-order chi connectivity index (χ0) is 5.98. The van der Waals surface area contributed by atoms with E-state index in [1.165, 1.54) is 0 Å². The Morgan fingerprint density at radius 2 is 2.00 bits per heavy atom. The van der Waals surface area contributed by atoms with Gasteiger partial charge in [0.1, 0.15) is 0 Å². The smallest absolute Gasteiger partial charge is 0.0728 e. The molecule has 2 heteroatoms. The van der Waals surface area contributed by atoms with E-state index in [-0.39, 0.29) is 12.1 Å². The van der Waals surface area contributed by atoms with Gasteiger partial charge in [-0.15, -0.1) is 0 Å². The van der Waals surface area contributed by atoms with Crippen LogP contribution in [-0.4, -0.2) is 17.3 Å². The molecular formula is C6H11NO. The van der Waals surface area contributed by atoms with Crippen LogP contribution >= 0.6 is 0 Å². The summed E-state index contributed by atoms with van der Waals surface area (Å²) in [5.41, 5.74) is 5.48. The fourth-order valence-electron chi connectivity index (χ4n) is 0.821. The van der Waals surface area contributed by atoms with Gasteiger partial charge >= 0.3 is 0 Å². The van der Waals surface area contributed by atoms with Crippen LogP contribution in [-0.2, 0) is 0 Å². The monoisotopic (exact) mass is 113 g/mol. The van der Waals surface area contributed by atoms with Gasteiger partial charge in [-0.25, -0.2) is 0 Å². The van der Waals surface area contributed by atoms with Crippen molar-refractivity contribution in [2.45, 2.75) is 25.0 Å². The lowest BCUT2D eigenvalue weighted by Crippen LogP contribution is -2.35. The van der Waals surface area contributed by atoms with Crippen LogP contribution in [0.3, 0.4) is 0 Å². The van der Waals surface area contributed by atoms with Crippen molar-refractivity contribution in [3.05, 3.63) is 12.2 Å². The molecule has 2 atom stereocenters. The van der Waals surface area contributed by atoms with Crippen LogP contribution in [0.1, 0.15) is 12.8 Å². The van der Waals surface area contributed by atoms with E-state index in [4.69, 9.17) is 10.8 Å². The highest BCUT2D eigenvalue weighted by atomic mass is 16.3. The Morgan fingerprint density at radius 3 is 2.38 bits per heavy atom. The minimum absolute atomic E-state index is 0.0278. The molecule has 1 rings (SSSR count). The second-order valence-electron chi connectivity index (χ2n) is 2.17. The maximum absolute atomic E-state index is 9.00. The zero-order valence-corrected chi connectivity index (χ0v) is 4.75. The minimum atomic E-state index is -0.306. The molecule has 0 aromatic rings. The lowest BCUT2D eigenvalue weighted by Gasteiger charge is -2.18. The summed E-state index contributed by atoms with van der Waals surface area (Å²) in [6.07, 6.45) is 5.22. The van der Waals surface area contributed by atoms with E-state index in [1.807, 2.05) is 12.2 Å². The molecule has 0 saturated carbocycles. The summed E-state index contributed by atoms with van der Waals surface area (Å²) in [6.45, 7) is 0. The zero-order valence-electron chi connectivity index (χ0n) is 4.75. The van der Waals surface area contributed by atoms with Gasteiger partial charge in [-0.05, 0) is 12.8 Å². The number of rotatable bonds is 0. The molecule has 8 heavy (non-hydrogen) atoms. The van der Waals surface area contributed by atoms with Gasteiger partial charge in [-0.1, -0.05) is 12.2 Å². The Bertz CT molecular complexity index is 88.7. The van der Waals surface area contributed by atoms with Crippen LogP contribution < -0.4 is 5.73 Å². The van der Waals surface area contributed by atoms with E-state index in [0.717, 1.165) is 12.8 Å². The van der Waals surface area contributed by atoms with Crippen LogP contribution in [0, 0.1) is 0 Å². The van der Waals surface area contributed by atoms with E-state index >= 15 is 0 Å². The van der Waals surface area contributed by atoms with E-state index in [9.17, 15) is 0 Å². The third kappa shape index (κ3) is 1.08. The summed E-state index contributed by atoms with van der Waals surface area (Å²) in [5, 5.41) is 9.00. The van der Waals surface area contributed by atoms with Crippen molar-refractivity contribution in [3.63, 3.8) is 0 Å². The maximum atomic E-state index is 9.00. The van der Waals surface area contributed by atoms with Crippen LogP contribution in [0.2, 0.25) is 0 Å². The summed E-state index contributed by atoms with van der Waals surface area (Å²) >= 11 is 0. The average molecular weight is 113 g/mol. The summed E-state index contributed by atoms with van der Waals surface area (Å²) in [5.74, 6) is 0. The first kappa shape index (κ1) is 5.79. The van der Waals surface area contributed by atoms with Crippen LogP contribution in [0.4, 0.5) is 0 Å². The second-order valence-corrected chi connectivity index (χ2v) is 2.17. The molecule has 0 aromatic heterocycles. The van der Waals surface area contributed by atoms with Gasteiger partial charge in [-0.2, -0.15) is 0 Å². The van der Waals surface area contributed by atoms with Gasteiger partial charge in [0, 0.05) is 6.04 Å². The molecule has 1 aliphatic carbocycles. The quantitative estimate of drug-likeness (QED) is 0.435. The van der Waals surface area contributed by atoms with Gasteiger partial charge in [0.05, 0.1) is 6.10 Å². The van der Waals surface area contributed by atoms with Crippen LogP contribution in [0.15, 0.2) is 12.2 Å². The van der Waals surface area contributed by atoms with Crippen molar-refractivity contribution in [2.75, 3.05) is 0 Å². The lowest BCUT2D eigenvalue weighted by atomic mass is 10.0. The third-order valence-corrected chi connectivity index (χ3v) is 1.45. The fourth-order valence-corrected chi connectivity index (χ4v) is 0.821. The Balaban J connectivity index is 2.44. The molecule has 2 nitrogen and oxygen atoms in total. The number of nitrogens with two attached hydrogens (primary N) is 1. The topological polar surface area (TPSA) is 46.2 Å². The Morgan fingerprint density at radius 1 is 1.38 bits per heavy atom. The predicted octanol–water partition coefficient (Wildman–Crippen LogP) is 0.0246. The molecule has 0 bridgehead atoms.